The Bertz CT molecular complexity index is 1150. The van der Waals surface area contributed by atoms with Crippen molar-refractivity contribution in [2.75, 3.05) is 6.61 Å². The third-order valence-electron chi connectivity index (χ3n) is 5.78. The van der Waals surface area contributed by atoms with Crippen LogP contribution in [0.15, 0.2) is 78.9 Å². The molecule has 2 atom stereocenters. The van der Waals surface area contributed by atoms with Gasteiger partial charge in [0.2, 0.25) is 5.91 Å². The summed E-state index contributed by atoms with van der Waals surface area (Å²) >= 11 is 0. The van der Waals surface area contributed by atoms with Crippen molar-refractivity contribution in [3.63, 3.8) is 0 Å². The third-order valence-corrected chi connectivity index (χ3v) is 5.78. The Hall–Kier alpha value is -4.17. The van der Waals surface area contributed by atoms with Gasteiger partial charge < -0.3 is 25.6 Å². The van der Waals surface area contributed by atoms with E-state index in [4.69, 9.17) is 4.74 Å². The number of benzene rings is 3. The van der Waals surface area contributed by atoms with Crippen molar-refractivity contribution in [2.45, 2.75) is 24.6 Å². The highest BCUT2D eigenvalue weighted by atomic mass is 16.5. The smallest absolute Gasteiger partial charge is 0.408 e. The SMILES string of the molecule is O=C(N[C@@H](CO)C(=O)N[C@@H](C(=O)O)C1c2ccccc2-c2ccccc21)OCc1ccccc1. The first-order valence-corrected chi connectivity index (χ1v) is 10.8. The van der Waals surface area contributed by atoms with Crippen molar-refractivity contribution >= 4 is 18.0 Å². The fraction of sp³-hybridized carbons (Fsp3) is 0.192. The van der Waals surface area contributed by atoms with Crippen LogP contribution in [0.5, 0.6) is 0 Å². The van der Waals surface area contributed by atoms with Crippen molar-refractivity contribution in [3.8, 4) is 11.1 Å². The van der Waals surface area contributed by atoms with Gasteiger partial charge >= 0.3 is 12.1 Å². The highest BCUT2D eigenvalue weighted by Crippen LogP contribution is 2.46. The Morgan fingerprint density at radius 2 is 1.38 bits per heavy atom. The van der Waals surface area contributed by atoms with Crippen molar-refractivity contribution < 1.29 is 29.3 Å². The molecule has 8 heteroatoms. The lowest BCUT2D eigenvalue weighted by Gasteiger charge is -2.25. The van der Waals surface area contributed by atoms with Crippen molar-refractivity contribution in [1.29, 1.82) is 0 Å². The van der Waals surface area contributed by atoms with Gasteiger partial charge in [0.25, 0.3) is 0 Å². The molecule has 0 saturated carbocycles. The fourth-order valence-corrected chi connectivity index (χ4v) is 4.20. The Labute approximate surface area is 196 Å². The minimum atomic E-state index is -1.38. The van der Waals surface area contributed by atoms with Crippen LogP contribution in [0.25, 0.3) is 11.1 Å². The molecule has 1 aliphatic rings. The lowest BCUT2D eigenvalue weighted by Crippen LogP contribution is -2.54. The molecule has 3 aromatic rings. The summed E-state index contributed by atoms with van der Waals surface area (Å²) in [5.74, 6) is -2.68. The monoisotopic (exact) mass is 460 g/mol. The van der Waals surface area contributed by atoms with Gasteiger partial charge in [-0.25, -0.2) is 9.59 Å². The Morgan fingerprint density at radius 3 is 1.94 bits per heavy atom. The van der Waals surface area contributed by atoms with Gasteiger partial charge in [-0.05, 0) is 27.8 Å². The summed E-state index contributed by atoms with van der Waals surface area (Å²) in [4.78, 5) is 37.3. The Kier molecular flexibility index (Phi) is 6.89. The highest BCUT2D eigenvalue weighted by Gasteiger charge is 2.39. The number of fused-ring (bicyclic) bond motifs is 3. The molecule has 174 valence electrons. The molecule has 3 aromatic carbocycles. The number of carboxylic acids is 1. The number of carboxylic acid groups (broad SMARTS) is 1. The van der Waals surface area contributed by atoms with E-state index in [0.717, 1.165) is 27.8 Å². The number of alkyl carbamates (subject to hydrolysis) is 1. The lowest BCUT2D eigenvalue weighted by atomic mass is 9.89. The van der Waals surface area contributed by atoms with E-state index in [1.807, 2.05) is 54.6 Å². The summed E-state index contributed by atoms with van der Waals surface area (Å²) in [5.41, 5.74) is 4.14. The molecule has 0 heterocycles. The number of hydrogen-bond acceptors (Lipinski definition) is 5. The zero-order chi connectivity index (χ0) is 24.1. The molecule has 0 spiro atoms. The summed E-state index contributed by atoms with van der Waals surface area (Å²) in [5, 5.41) is 24.5. The van der Waals surface area contributed by atoms with Gasteiger partial charge in [-0.15, -0.1) is 0 Å². The topological polar surface area (TPSA) is 125 Å². The molecule has 0 saturated heterocycles. The lowest BCUT2D eigenvalue weighted by molar-refractivity contribution is -0.142. The first kappa shape index (κ1) is 23.0. The predicted molar refractivity (Wildman–Crippen MR) is 124 cm³/mol. The van der Waals surface area contributed by atoms with Crippen LogP contribution in [-0.2, 0) is 20.9 Å². The number of carbonyl (C=O) groups is 3. The molecule has 2 amide bonds. The molecule has 0 bridgehead atoms. The van der Waals surface area contributed by atoms with Crippen LogP contribution in [0.2, 0.25) is 0 Å². The molecule has 4 N–H and O–H groups in total. The zero-order valence-electron chi connectivity index (χ0n) is 18.2. The van der Waals surface area contributed by atoms with Gasteiger partial charge in [-0.2, -0.15) is 0 Å². The van der Waals surface area contributed by atoms with Crippen LogP contribution in [-0.4, -0.2) is 46.9 Å². The van der Waals surface area contributed by atoms with E-state index in [1.54, 1.807) is 24.3 Å². The molecular formula is C26H24N2O6. The Morgan fingerprint density at radius 1 is 0.824 bits per heavy atom. The van der Waals surface area contributed by atoms with Gasteiger partial charge in [0.05, 0.1) is 6.61 Å². The zero-order valence-corrected chi connectivity index (χ0v) is 18.2. The summed E-state index contributed by atoms with van der Waals surface area (Å²) in [6.07, 6.45) is -0.901. The fourth-order valence-electron chi connectivity index (χ4n) is 4.20. The van der Waals surface area contributed by atoms with E-state index in [0.29, 0.717) is 0 Å². The average Bonchev–Trinajstić information content (AvgIpc) is 3.19. The molecule has 4 rings (SSSR count). The molecule has 0 aromatic heterocycles. The van der Waals surface area contributed by atoms with E-state index >= 15 is 0 Å². The number of nitrogens with one attached hydrogen (secondary N) is 2. The number of amides is 2. The largest absolute Gasteiger partial charge is 0.480 e. The minimum absolute atomic E-state index is 0.0141. The first-order valence-electron chi connectivity index (χ1n) is 10.8. The van der Waals surface area contributed by atoms with Crippen LogP contribution < -0.4 is 10.6 Å². The van der Waals surface area contributed by atoms with Crippen molar-refractivity contribution in [3.05, 3.63) is 95.6 Å². The standard InChI is InChI=1S/C26H24N2O6/c29-14-21(27-26(33)34-15-16-8-2-1-3-9-16)24(30)28-23(25(31)32)22-19-12-6-4-10-17(19)18-11-5-7-13-20(18)22/h1-13,21-23,29H,14-15H2,(H,27,33)(H,28,30)(H,31,32)/t21-,23+/m0/s1. The maximum absolute atomic E-state index is 12.9. The van der Waals surface area contributed by atoms with Crippen molar-refractivity contribution in [1.82, 2.24) is 10.6 Å². The number of aliphatic hydroxyl groups excluding tert-OH is 1. The van der Waals surface area contributed by atoms with Crippen LogP contribution in [0.1, 0.15) is 22.6 Å². The molecule has 1 aliphatic carbocycles. The van der Waals surface area contributed by atoms with E-state index in [9.17, 15) is 24.6 Å². The first-order chi connectivity index (χ1) is 16.5. The maximum atomic E-state index is 12.9. The van der Waals surface area contributed by atoms with Gasteiger partial charge in [0, 0.05) is 5.92 Å². The van der Waals surface area contributed by atoms with Gasteiger partial charge in [0.1, 0.15) is 18.7 Å². The number of aliphatic carboxylic acids is 1. The molecule has 8 nitrogen and oxygen atoms in total. The normalized spacial score (nSPS) is 13.8. The highest BCUT2D eigenvalue weighted by molar-refractivity contribution is 5.91. The molecule has 0 unspecified atom stereocenters. The third kappa shape index (κ3) is 4.77. The second-order valence-electron chi connectivity index (χ2n) is 7.92. The minimum Gasteiger partial charge on any atom is -0.480 e. The summed E-state index contributed by atoms with van der Waals surface area (Å²) in [7, 11) is 0. The number of ether oxygens (including phenoxy) is 1. The van der Waals surface area contributed by atoms with Crippen LogP contribution in [0.4, 0.5) is 4.79 Å². The summed E-state index contributed by atoms with van der Waals surface area (Å²) in [6, 6.07) is 21.2. The van der Waals surface area contributed by atoms with E-state index in [-0.39, 0.29) is 6.61 Å². The van der Waals surface area contributed by atoms with Gasteiger partial charge in [0.15, 0.2) is 0 Å². The van der Waals surface area contributed by atoms with E-state index in [1.165, 1.54) is 0 Å². The molecule has 0 aliphatic heterocycles. The van der Waals surface area contributed by atoms with Crippen LogP contribution in [0.3, 0.4) is 0 Å². The number of rotatable bonds is 8. The summed E-state index contributed by atoms with van der Waals surface area (Å²) < 4.78 is 5.10. The predicted octanol–water partition coefficient (Wildman–Crippen LogP) is 2.66. The van der Waals surface area contributed by atoms with E-state index in [2.05, 4.69) is 10.6 Å². The average molecular weight is 460 g/mol. The maximum Gasteiger partial charge on any atom is 0.408 e. The molecule has 0 fully saturated rings. The van der Waals surface area contributed by atoms with E-state index < -0.39 is 42.6 Å². The Balaban J connectivity index is 1.48. The number of carbonyl (C=O) groups excluding carboxylic acids is 2. The van der Waals surface area contributed by atoms with Crippen molar-refractivity contribution in [2.24, 2.45) is 0 Å². The number of hydrogen-bond donors (Lipinski definition) is 4. The molecule has 34 heavy (non-hydrogen) atoms. The molecule has 0 radical (unpaired) electrons. The number of aliphatic hydroxyl groups is 1. The second-order valence-corrected chi connectivity index (χ2v) is 7.92. The summed E-state index contributed by atoms with van der Waals surface area (Å²) in [6.45, 7) is -0.740. The quantitative estimate of drug-likeness (QED) is 0.410. The van der Waals surface area contributed by atoms with Crippen LogP contribution >= 0.6 is 0 Å². The molecular weight excluding hydrogens is 436 g/mol. The van der Waals surface area contributed by atoms with Crippen LogP contribution in [0, 0.1) is 0 Å². The van der Waals surface area contributed by atoms with Gasteiger partial charge in [-0.1, -0.05) is 78.9 Å². The van der Waals surface area contributed by atoms with Gasteiger partial charge in [-0.3, -0.25) is 4.79 Å². The second kappa shape index (κ2) is 10.2.